The minimum Gasteiger partial charge on any atom is -0.497 e. The van der Waals surface area contributed by atoms with Crippen LogP contribution in [0.5, 0.6) is 5.75 Å². The molecule has 0 unspecified atom stereocenters. The molecule has 0 fully saturated rings. The first-order valence-corrected chi connectivity index (χ1v) is 8.44. The Morgan fingerprint density at radius 2 is 2.04 bits per heavy atom. The minimum atomic E-state index is -0.514. The van der Waals surface area contributed by atoms with Crippen LogP contribution in [0.3, 0.4) is 0 Å². The van der Waals surface area contributed by atoms with Crippen LogP contribution in [-0.2, 0) is 10.5 Å². The Hall–Kier alpha value is -2.93. The fraction of sp³-hybridized carbons (Fsp3) is 0.111. The van der Waals surface area contributed by atoms with Gasteiger partial charge in [-0.25, -0.2) is 4.79 Å². The molecule has 0 saturated carbocycles. The number of carbonyl (C=O) groups is 1. The molecular weight excluding hydrogens is 340 g/mol. The van der Waals surface area contributed by atoms with Crippen LogP contribution in [-0.4, -0.2) is 18.0 Å². The molecule has 3 N–H and O–H groups in total. The molecule has 7 heteroatoms. The second-order valence-electron chi connectivity index (χ2n) is 5.28. The Labute approximate surface area is 147 Å². The lowest BCUT2D eigenvalue weighted by Crippen LogP contribution is -2.11. The predicted molar refractivity (Wildman–Crippen MR) is 98.3 cm³/mol. The molecule has 25 heavy (non-hydrogen) atoms. The first-order valence-electron chi connectivity index (χ1n) is 7.45. The number of thioether (sulfide) groups is 1. The molecule has 0 atom stereocenters. The van der Waals surface area contributed by atoms with Gasteiger partial charge in [0, 0.05) is 5.75 Å². The molecule has 1 aromatic heterocycles. The monoisotopic (exact) mass is 356 g/mol. The number of hydrogen-bond donors (Lipinski definition) is 2. The summed E-state index contributed by atoms with van der Waals surface area (Å²) in [5.41, 5.74) is 8.32. The zero-order valence-electron chi connectivity index (χ0n) is 13.4. The zero-order valence-corrected chi connectivity index (χ0v) is 14.3. The van der Waals surface area contributed by atoms with Gasteiger partial charge in [-0.2, -0.15) is 0 Å². The lowest BCUT2D eigenvalue weighted by atomic mass is 10.2. The van der Waals surface area contributed by atoms with Gasteiger partial charge in [0.25, 0.3) is 5.91 Å². The molecule has 0 aliphatic rings. The van der Waals surface area contributed by atoms with E-state index in [4.69, 9.17) is 14.9 Å². The summed E-state index contributed by atoms with van der Waals surface area (Å²) >= 11 is 1.35. The summed E-state index contributed by atoms with van der Waals surface area (Å²) in [4.78, 5) is 26.0. The summed E-state index contributed by atoms with van der Waals surface area (Å²) in [6.45, 7) is 0. The van der Waals surface area contributed by atoms with Gasteiger partial charge < -0.3 is 14.9 Å². The number of aromatic amines is 1. The molecule has 0 radical (unpaired) electrons. The van der Waals surface area contributed by atoms with E-state index in [0.717, 1.165) is 16.9 Å². The maximum atomic E-state index is 11.7. The van der Waals surface area contributed by atoms with Crippen molar-refractivity contribution in [3.05, 3.63) is 69.0 Å². The van der Waals surface area contributed by atoms with Crippen molar-refractivity contribution in [3.63, 3.8) is 0 Å². The number of fused-ring (bicyclic) bond motifs is 1. The summed E-state index contributed by atoms with van der Waals surface area (Å²) in [6.07, 6.45) is 1.70. The topological polar surface area (TPSA) is 98.3 Å². The van der Waals surface area contributed by atoms with Crippen LogP contribution in [0.1, 0.15) is 11.1 Å². The van der Waals surface area contributed by atoms with E-state index in [1.165, 1.54) is 11.8 Å². The molecule has 0 spiro atoms. The molecule has 2 aromatic carbocycles. The standard InChI is InChI=1S/C18H16N2O4S/c1-23-13-5-2-11(3-6-13)10-25-16(17(19)21)9-12-4-7-15-14(8-12)20-18(22)24-15/h2-9H,10H2,1H3,(H2,19,21)(H,20,22). The molecule has 0 bridgehead atoms. The maximum Gasteiger partial charge on any atom is 0.417 e. The smallest absolute Gasteiger partial charge is 0.417 e. The Balaban J connectivity index is 1.79. The van der Waals surface area contributed by atoms with E-state index < -0.39 is 11.7 Å². The lowest BCUT2D eigenvalue weighted by Gasteiger charge is -2.05. The van der Waals surface area contributed by atoms with Crippen molar-refractivity contribution in [2.24, 2.45) is 5.73 Å². The zero-order chi connectivity index (χ0) is 17.8. The SMILES string of the molecule is COc1ccc(CSC(=Cc2ccc3oc(=O)[nH]c3c2)C(N)=O)cc1. The van der Waals surface area contributed by atoms with E-state index in [2.05, 4.69) is 4.98 Å². The number of ether oxygens (including phenoxy) is 1. The number of H-pyrrole nitrogens is 1. The summed E-state index contributed by atoms with van der Waals surface area (Å²) in [5.74, 6) is 0.366. The number of aromatic nitrogens is 1. The van der Waals surface area contributed by atoms with E-state index in [-0.39, 0.29) is 0 Å². The molecule has 128 valence electrons. The van der Waals surface area contributed by atoms with Gasteiger partial charge in [0.15, 0.2) is 5.58 Å². The Kier molecular flexibility index (Phi) is 4.95. The average molecular weight is 356 g/mol. The molecule has 6 nitrogen and oxygen atoms in total. The number of amides is 1. The largest absolute Gasteiger partial charge is 0.497 e. The Bertz CT molecular complexity index is 986. The number of hydrogen-bond acceptors (Lipinski definition) is 5. The molecule has 1 amide bonds. The third-order valence-electron chi connectivity index (χ3n) is 3.54. The fourth-order valence-corrected chi connectivity index (χ4v) is 3.15. The van der Waals surface area contributed by atoms with Crippen LogP contribution >= 0.6 is 11.8 Å². The van der Waals surface area contributed by atoms with Gasteiger partial charge in [0.05, 0.1) is 17.5 Å². The summed E-state index contributed by atoms with van der Waals surface area (Å²) in [5, 5.41) is 0. The quantitative estimate of drug-likeness (QED) is 0.662. The molecular formula is C18H16N2O4S. The number of nitrogens with one attached hydrogen (secondary N) is 1. The van der Waals surface area contributed by atoms with Gasteiger partial charge in [-0.1, -0.05) is 18.2 Å². The van der Waals surface area contributed by atoms with E-state index in [9.17, 15) is 9.59 Å². The van der Waals surface area contributed by atoms with E-state index in [1.54, 1.807) is 31.4 Å². The van der Waals surface area contributed by atoms with Crippen molar-refractivity contribution < 1.29 is 13.9 Å². The second-order valence-corrected chi connectivity index (χ2v) is 6.30. The third kappa shape index (κ3) is 4.13. The highest BCUT2D eigenvalue weighted by Gasteiger charge is 2.08. The summed E-state index contributed by atoms with van der Waals surface area (Å²) in [7, 11) is 1.61. The number of oxazole rings is 1. The highest BCUT2D eigenvalue weighted by atomic mass is 32.2. The van der Waals surface area contributed by atoms with Crippen molar-refractivity contribution in [1.29, 1.82) is 0 Å². The number of primary amides is 1. The highest BCUT2D eigenvalue weighted by molar-refractivity contribution is 8.03. The van der Waals surface area contributed by atoms with Crippen molar-refractivity contribution in [2.75, 3.05) is 7.11 Å². The summed E-state index contributed by atoms with van der Waals surface area (Å²) < 4.78 is 10.1. The third-order valence-corrected chi connectivity index (χ3v) is 4.64. The van der Waals surface area contributed by atoms with Crippen LogP contribution in [0, 0.1) is 0 Å². The van der Waals surface area contributed by atoms with Gasteiger partial charge in [-0.05, 0) is 41.5 Å². The highest BCUT2D eigenvalue weighted by Crippen LogP contribution is 2.25. The van der Waals surface area contributed by atoms with Crippen LogP contribution in [0.4, 0.5) is 0 Å². The van der Waals surface area contributed by atoms with E-state index in [1.807, 2.05) is 24.3 Å². The normalized spacial score (nSPS) is 11.6. The van der Waals surface area contributed by atoms with Crippen LogP contribution < -0.4 is 16.2 Å². The van der Waals surface area contributed by atoms with Crippen LogP contribution in [0.2, 0.25) is 0 Å². The van der Waals surface area contributed by atoms with Gasteiger partial charge in [0.2, 0.25) is 0 Å². The summed E-state index contributed by atoms with van der Waals surface area (Å²) in [6, 6.07) is 12.8. The van der Waals surface area contributed by atoms with Crippen LogP contribution in [0.15, 0.2) is 56.6 Å². The van der Waals surface area contributed by atoms with Crippen molar-refractivity contribution >= 4 is 34.8 Å². The molecule has 3 aromatic rings. The number of rotatable bonds is 6. The van der Waals surface area contributed by atoms with E-state index in [0.29, 0.717) is 21.8 Å². The van der Waals surface area contributed by atoms with Crippen molar-refractivity contribution in [1.82, 2.24) is 4.98 Å². The number of carbonyl (C=O) groups excluding carboxylic acids is 1. The van der Waals surface area contributed by atoms with Crippen LogP contribution in [0.25, 0.3) is 17.2 Å². The molecule has 3 rings (SSSR count). The lowest BCUT2D eigenvalue weighted by molar-refractivity contribution is -0.113. The molecule has 0 saturated heterocycles. The second kappa shape index (κ2) is 7.31. The molecule has 0 aliphatic heterocycles. The van der Waals surface area contributed by atoms with Gasteiger partial charge in [-0.3, -0.25) is 9.78 Å². The first kappa shape index (κ1) is 16.9. The van der Waals surface area contributed by atoms with Gasteiger partial charge >= 0.3 is 5.76 Å². The fourth-order valence-electron chi connectivity index (χ4n) is 2.28. The van der Waals surface area contributed by atoms with Gasteiger partial charge in [0.1, 0.15) is 5.75 Å². The van der Waals surface area contributed by atoms with Crippen molar-refractivity contribution in [3.8, 4) is 5.75 Å². The predicted octanol–water partition coefficient (Wildman–Crippen LogP) is 2.89. The maximum absolute atomic E-state index is 11.7. The Morgan fingerprint density at radius 1 is 1.28 bits per heavy atom. The average Bonchev–Trinajstić information content (AvgIpc) is 2.98. The first-order chi connectivity index (χ1) is 12.0. The van der Waals surface area contributed by atoms with Gasteiger partial charge in [-0.15, -0.1) is 11.8 Å². The number of nitrogens with two attached hydrogens (primary N) is 1. The minimum absolute atomic E-state index is 0.431. The number of methoxy groups -OCH3 is 1. The molecule has 1 heterocycles. The van der Waals surface area contributed by atoms with Crippen molar-refractivity contribution in [2.45, 2.75) is 5.75 Å². The number of benzene rings is 2. The Morgan fingerprint density at radius 3 is 2.72 bits per heavy atom. The molecule has 0 aliphatic carbocycles. The van der Waals surface area contributed by atoms with E-state index >= 15 is 0 Å².